The lowest BCUT2D eigenvalue weighted by atomic mass is 9.97. The van der Waals surface area contributed by atoms with E-state index >= 15 is 0 Å². The molecule has 0 rings (SSSR count). The zero-order valence-electron chi connectivity index (χ0n) is 13.6. The monoisotopic (exact) mass is 300 g/mol. The fourth-order valence-electron chi connectivity index (χ4n) is 1.93. The van der Waals surface area contributed by atoms with Gasteiger partial charge in [0, 0.05) is 6.42 Å². The molecule has 0 fully saturated rings. The smallest absolute Gasteiger partial charge is 0.326 e. The second-order valence-corrected chi connectivity index (χ2v) is 5.75. The number of amides is 2. The quantitative estimate of drug-likeness (QED) is 0.602. The molecule has 21 heavy (non-hydrogen) atoms. The van der Waals surface area contributed by atoms with Crippen molar-refractivity contribution in [2.24, 2.45) is 11.8 Å². The predicted octanol–water partition coefficient (Wildman–Crippen LogP) is 1.54. The molecule has 122 valence electrons. The van der Waals surface area contributed by atoms with E-state index in [9.17, 15) is 19.5 Å². The highest BCUT2D eigenvalue weighted by Gasteiger charge is 2.30. The highest BCUT2D eigenvalue weighted by Crippen LogP contribution is 2.10. The molecule has 0 aromatic heterocycles. The first-order valence-corrected chi connectivity index (χ1v) is 7.57. The van der Waals surface area contributed by atoms with Crippen LogP contribution in [0.2, 0.25) is 0 Å². The fourth-order valence-corrected chi connectivity index (χ4v) is 1.93. The Morgan fingerprint density at radius 1 is 1.00 bits per heavy atom. The van der Waals surface area contributed by atoms with E-state index in [2.05, 4.69) is 10.6 Å². The highest BCUT2D eigenvalue weighted by molar-refractivity contribution is 5.90. The second kappa shape index (κ2) is 9.37. The topological polar surface area (TPSA) is 95.5 Å². The molecule has 3 atom stereocenters. The van der Waals surface area contributed by atoms with Crippen molar-refractivity contribution in [1.82, 2.24) is 10.6 Å². The first kappa shape index (κ1) is 19.4. The lowest BCUT2D eigenvalue weighted by Crippen LogP contribution is -2.55. The first-order valence-electron chi connectivity index (χ1n) is 7.57. The summed E-state index contributed by atoms with van der Waals surface area (Å²) in [4.78, 5) is 35.2. The minimum atomic E-state index is -1.06. The van der Waals surface area contributed by atoms with Crippen molar-refractivity contribution >= 4 is 17.8 Å². The van der Waals surface area contributed by atoms with Crippen molar-refractivity contribution in [2.45, 2.75) is 66.0 Å². The van der Waals surface area contributed by atoms with Gasteiger partial charge in [-0.25, -0.2) is 4.79 Å². The molecule has 3 N–H and O–H groups in total. The SMILES string of the molecule is CCCC(=O)NC(C(=O)NC(C(=O)O)C(C)CC)C(C)C. The number of nitrogens with one attached hydrogen (secondary N) is 2. The Bertz CT molecular complexity index is 369. The molecule has 6 heteroatoms. The van der Waals surface area contributed by atoms with Crippen LogP contribution in [0.25, 0.3) is 0 Å². The summed E-state index contributed by atoms with van der Waals surface area (Å²) in [7, 11) is 0. The second-order valence-electron chi connectivity index (χ2n) is 5.75. The van der Waals surface area contributed by atoms with E-state index in [4.69, 9.17) is 0 Å². The standard InChI is InChI=1S/C15H28N2O4/c1-6-8-11(18)16-12(9(3)4)14(19)17-13(15(20)21)10(5)7-2/h9-10,12-13H,6-8H2,1-5H3,(H,16,18)(H,17,19)(H,20,21). The Morgan fingerprint density at radius 2 is 1.57 bits per heavy atom. The number of aliphatic carboxylic acids is 1. The molecule has 0 aliphatic heterocycles. The summed E-state index contributed by atoms with van der Waals surface area (Å²) >= 11 is 0. The van der Waals surface area contributed by atoms with E-state index in [1.807, 2.05) is 27.7 Å². The minimum Gasteiger partial charge on any atom is -0.480 e. The number of carboxylic acid groups (broad SMARTS) is 1. The lowest BCUT2D eigenvalue weighted by Gasteiger charge is -2.26. The number of carbonyl (C=O) groups excluding carboxylic acids is 2. The van der Waals surface area contributed by atoms with Crippen molar-refractivity contribution in [3.05, 3.63) is 0 Å². The molecule has 0 aliphatic carbocycles. The highest BCUT2D eigenvalue weighted by atomic mass is 16.4. The van der Waals surface area contributed by atoms with Crippen LogP contribution >= 0.6 is 0 Å². The van der Waals surface area contributed by atoms with E-state index in [0.717, 1.165) is 0 Å². The number of carboxylic acids is 1. The molecule has 0 aromatic carbocycles. The molecule has 0 aromatic rings. The third-order valence-corrected chi connectivity index (χ3v) is 3.52. The van der Waals surface area contributed by atoms with Gasteiger partial charge in [-0.3, -0.25) is 9.59 Å². The Balaban J connectivity index is 4.88. The maximum Gasteiger partial charge on any atom is 0.326 e. The van der Waals surface area contributed by atoms with E-state index in [-0.39, 0.29) is 17.7 Å². The minimum absolute atomic E-state index is 0.114. The van der Waals surface area contributed by atoms with E-state index in [1.165, 1.54) is 0 Å². The summed E-state index contributed by atoms with van der Waals surface area (Å²) in [6.07, 6.45) is 1.69. The number of hydrogen-bond acceptors (Lipinski definition) is 3. The van der Waals surface area contributed by atoms with Gasteiger partial charge < -0.3 is 15.7 Å². The van der Waals surface area contributed by atoms with E-state index < -0.39 is 24.0 Å². The molecule has 0 saturated carbocycles. The summed E-state index contributed by atoms with van der Waals surface area (Å²) in [6.45, 7) is 9.16. The summed E-state index contributed by atoms with van der Waals surface area (Å²) in [5.41, 5.74) is 0. The van der Waals surface area contributed by atoms with Crippen LogP contribution in [0.4, 0.5) is 0 Å². The van der Waals surface area contributed by atoms with Crippen molar-refractivity contribution in [3.63, 3.8) is 0 Å². The van der Waals surface area contributed by atoms with Crippen molar-refractivity contribution < 1.29 is 19.5 Å². The van der Waals surface area contributed by atoms with Gasteiger partial charge in [-0.15, -0.1) is 0 Å². The average molecular weight is 300 g/mol. The normalized spacial score (nSPS) is 15.1. The van der Waals surface area contributed by atoms with Gasteiger partial charge >= 0.3 is 5.97 Å². The van der Waals surface area contributed by atoms with Gasteiger partial charge in [0.15, 0.2) is 0 Å². The molecule has 2 amide bonds. The van der Waals surface area contributed by atoms with Gasteiger partial charge in [0.25, 0.3) is 0 Å². The van der Waals surface area contributed by atoms with Crippen LogP contribution in [-0.4, -0.2) is 35.0 Å². The Kier molecular flexibility index (Phi) is 8.66. The zero-order chi connectivity index (χ0) is 16.6. The molecule has 0 saturated heterocycles. The van der Waals surface area contributed by atoms with E-state index in [0.29, 0.717) is 19.3 Å². The third-order valence-electron chi connectivity index (χ3n) is 3.52. The number of hydrogen-bond donors (Lipinski definition) is 3. The van der Waals surface area contributed by atoms with Crippen LogP contribution in [0, 0.1) is 11.8 Å². The largest absolute Gasteiger partial charge is 0.480 e. The maximum atomic E-state index is 12.3. The lowest BCUT2D eigenvalue weighted by molar-refractivity contribution is -0.144. The van der Waals surface area contributed by atoms with Crippen LogP contribution in [0.1, 0.15) is 53.9 Å². The molecule has 0 radical (unpaired) electrons. The van der Waals surface area contributed by atoms with E-state index in [1.54, 1.807) is 6.92 Å². The van der Waals surface area contributed by atoms with Crippen LogP contribution in [0.3, 0.4) is 0 Å². The molecular formula is C15H28N2O4. The Labute approximate surface area is 126 Å². The maximum absolute atomic E-state index is 12.3. The van der Waals surface area contributed by atoms with Gasteiger partial charge in [-0.05, 0) is 18.3 Å². The molecular weight excluding hydrogens is 272 g/mol. The molecule has 6 nitrogen and oxygen atoms in total. The molecule has 0 aliphatic rings. The Morgan fingerprint density at radius 3 is 1.95 bits per heavy atom. The third kappa shape index (κ3) is 6.60. The first-order chi connectivity index (χ1) is 9.74. The molecule has 0 bridgehead atoms. The number of carbonyl (C=O) groups is 3. The summed E-state index contributed by atoms with van der Waals surface area (Å²) in [5.74, 6) is -1.98. The van der Waals surface area contributed by atoms with Gasteiger partial charge in [0.05, 0.1) is 0 Å². The Hall–Kier alpha value is -1.59. The van der Waals surface area contributed by atoms with Gasteiger partial charge in [-0.1, -0.05) is 41.0 Å². The average Bonchev–Trinajstić information content (AvgIpc) is 2.40. The van der Waals surface area contributed by atoms with Gasteiger partial charge in [-0.2, -0.15) is 0 Å². The van der Waals surface area contributed by atoms with Gasteiger partial charge in [0.1, 0.15) is 12.1 Å². The fraction of sp³-hybridized carbons (Fsp3) is 0.800. The van der Waals surface area contributed by atoms with Crippen LogP contribution in [-0.2, 0) is 14.4 Å². The van der Waals surface area contributed by atoms with Crippen LogP contribution in [0.15, 0.2) is 0 Å². The predicted molar refractivity (Wildman–Crippen MR) is 80.7 cm³/mol. The van der Waals surface area contributed by atoms with Crippen molar-refractivity contribution in [1.29, 1.82) is 0 Å². The van der Waals surface area contributed by atoms with Crippen molar-refractivity contribution in [2.75, 3.05) is 0 Å². The van der Waals surface area contributed by atoms with Crippen LogP contribution in [0.5, 0.6) is 0 Å². The number of rotatable bonds is 9. The summed E-state index contributed by atoms with van der Waals surface area (Å²) in [6, 6.07) is -1.65. The van der Waals surface area contributed by atoms with Crippen molar-refractivity contribution in [3.8, 4) is 0 Å². The molecule has 3 unspecified atom stereocenters. The summed E-state index contributed by atoms with van der Waals surface area (Å²) in [5, 5.41) is 14.4. The molecule has 0 spiro atoms. The van der Waals surface area contributed by atoms with Crippen LogP contribution < -0.4 is 10.6 Å². The zero-order valence-corrected chi connectivity index (χ0v) is 13.6. The van der Waals surface area contributed by atoms with Gasteiger partial charge in [0.2, 0.25) is 11.8 Å². The summed E-state index contributed by atoms with van der Waals surface area (Å²) < 4.78 is 0. The molecule has 0 heterocycles.